The molecule has 4 aromatic rings. The van der Waals surface area contributed by atoms with Crippen molar-refractivity contribution in [1.82, 2.24) is 15.0 Å². The molecule has 0 bridgehead atoms. The Labute approximate surface area is 138 Å². The van der Waals surface area contributed by atoms with E-state index >= 15 is 0 Å². The SMILES string of the molecule is COCOc1cc(-c2ncc3cnccc3n2)c2ccccc2c1. The minimum Gasteiger partial charge on any atom is -0.468 e. The Balaban J connectivity index is 1.92. The van der Waals surface area contributed by atoms with E-state index in [1.807, 2.05) is 36.4 Å². The van der Waals surface area contributed by atoms with Gasteiger partial charge in [-0.15, -0.1) is 0 Å². The summed E-state index contributed by atoms with van der Waals surface area (Å²) in [5.41, 5.74) is 1.79. The van der Waals surface area contributed by atoms with Gasteiger partial charge in [-0.2, -0.15) is 0 Å². The monoisotopic (exact) mass is 317 g/mol. The molecule has 0 saturated heterocycles. The smallest absolute Gasteiger partial charge is 0.188 e. The molecule has 0 aliphatic heterocycles. The van der Waals surface area contributed by atoms with Crippen LogP contribution < -0.4 is 4.74 Å². The number of hydrogen-bond acceptors (Lipinski definition) is 5. The lowest BCUT2D eigenvalue weighted by molar-refractivity contribution is 0.0512. The summed E-state index contributed by atoms with van der Waals surface area (Å²) in [6.07, 6.45) is 5.28. The van der Waals surface area contributed by atoms with Crippen LogP contribution in [0.1, 0.15) is 0 Å². The number of pyridine rings is 1. The molecule has 0 unspecified atom stereocenters. The second-order valence-corrected chi connectivity index (χ2v) is 5.37. The Bertz CT molecular complexity index is 1020. The predicted octanol–water partition coefficient (Wildman–Crippen LogP) is 3.83. The highest BCUT2D eigenvalue weighted by Gasteiger charge is 2.10. The van der Waals surface area contributed by atoms with Crippen LogP contribution in [0.3, 0.4) is 0 Å². The molecule has 0 amide bonds. The van der Waals surface area contributed by atoms with Crippen LogP contribution in [-0.2, 0) is 4.74 Å². The molecule has 2 heterocycles. The van der Waals surface area contributed by atoms with E-state index in [0.29, 0.717) is 5.82 Å². The number of fused-ring (bicyclic) bond motifs is 2. The van der Waals surface area contributed by atoms with Crippen molar-refractivity contribution in [1.29, 1.82) is 0 Å². The van der Waals surface area contributed by atoms with Crippen LogP contribution in [0.25, 0.3) is 33.1 Å². The van der Waals surface area contributed by atoms with Gasteiger partial charge in [0, 0.05) is 36.7 Å². The Morgan fingerprint density at radius 3 is 2.83 bits per heavy atom. The molecule has 5 nitrogen and oxygen atoms in total. The Morgan fingerprint density at radius 2 is 1.92 bits per heavy atom. The van der Waals surface area contributed by atoms with Crippen molar-refractivity contribution in [2.75, 3.05) is 13.9 Å². The van der Waals surface area contributed by atoms with Crippen molar-refractivity contribution in [3.8, 4) is 17.1 Å². The van der Waals surface area contributed by atoms with Gasteiger partial charge in [-0.3, -0.25) is 4.98 Å². The zero-order valence-electron chi connectivity index (χ0n) is 13.1. The number of aromatic nitrogens is 3. The van der Waals surface area contributed by atoms with Crippen LogP contribution in [-0.4, -0.2) is 28.9 Å². The molecule has 0 saturated carbocycles. The fourth-order valence-electron chi connectivity index (χ4n) is 2.68. The number of nitrogens with zero attached hydrogens (tertiary/aromatic N) is 3. The van der Waals surface area contributed by atoms with E-state index < -0.39 is 0 Å². The van der Waals surface area contributed by atoms with E-state index in [1.54, 1.807) is 25.7 Å². The van der Waals surface area contributed by atoms with Crippen molar-refractivity contribution < 1.29 is 9.47 Å². The second kappa shape index (κ2) is 6.22. The summed E-state index contributed by atoms with van der Waals surface area (Å²) in [5, 5.41) is 3.06. The molecule has 2 aromatic heterocycles. The third kappa shape index (κ3) is 2.66. The summed E-state index contributed by atoms with van der Waals surface area (Å²) < 4.78 is 10.6. The Kier molecular flexibility index (Phi) is 3.76. The van der Waals surface area contributed by atoms with E-state index in [-0.39, 0.29) is 6.79 Å². The van der Waals surface area contributed by atoms with Gasteiger partial charge in [0.05, 0.1) is 5.52 Å². The van der Waals surface area contributed by atoms with E-state index in [1.165, 1.54) is 0 Å². The fraction of sp³-hybridized carbons (Fsp3) is 0.105. The summed E-state index contributed by atoms with van der Waals surface area (Å²) in [7, 11) is 1.60. The van der Waals surface area contributed by atoms with Crippen molar-refractivity contribution in [2.45, 2.75) is 0 Å². The zero-order chi connectivity index (χ0) is 16.4. The average Bonchev–Trinajstić information content (AvgIpc) is 2.65. The second-order valence-electron chi connectivity index (χ2n) is 5.37. The maximum atomic E-state index is 5.63. The summed E-state index contributed by atoms with van der Waals surface area (Å²) in [5.74, 6) is 1.39. The van der Waals surface area contributed by atoms with Gasteiger partial charge in [-0.1, -0.05) is 24.3 Å². The molecule has 0 radical (unpaired) electrons. The highest BCUT2D eigenvalue weighted by Crippen LogP contribution is 2.31. The molecule has 0 aliphatic rings. The van der Waals surface area contributed by atoms with Crippen molar-refractivity contribution in [3.05, 3.63) is 61.1 Å². The molecule has 0 fully saturated rings. The first-order valence-electron chi connectivity index (χ1n) is 7.57. The molecule has 2 aromatic carbocycles. The third-order valence-corrected chi connectivity index (χ3v) is 3.80. The topological polar surface area (TPSA) is 57.1 Å². The van der Waals surface area contributed by atoms with Gasteiger partial charge in [0.1, 0.15) is 5.75 Å². The predicted molar refractivity (Wildman–Crippen MR) is 92.8 cm³/mol. The molecule has 0 aliphatic carbocycles. The van der Waals surface area contributed by atoms with Gasteiger partial charge in [-0.25, -0.2) is 9.97 Å². The number of rotatable bonds is 4. The maximum Gasteiger partial charge on any atom is 0.188 e. The molecular formula is C19H15N3O2. The molecule has 4 rings (SSSR count). The van der Waals surface area contributed by atoms with Crippen molar-refractivity contribution in [2.24, 2.45) is 0 Å². The van der Waals surface area contributed by atoms with Crippen LogP contribution in [0.2, 0.25) is 0 Å². The van der Waals surface area contributed by atoms with Crippen LogP contribution in [0.15, 0.2) is 61.1 Å². The lowest BCUT2D eigenvalue weighted by atomic mass is 10.0. The van der Waals surface area contributed by atoms with Crippen LogP contribution in [0, 0.1) is 0 Å². The molecule has 24 heavy (non-hydrogen) atoms. The third-order valence-electron chi connectivity index (χ3n) is 3.80. The first-order valence-corrected chi connectivity index (χ1v) is 7.57. The lowest BCUT2D eigenvalue weighted by Crippen LogP contribution is -1.99. The summed E-state index contributed by atoms with van der Waals surface area (Å²) >= 11 is 0. The number of ether oxygens (including phenoxy) is 2. The van der Waals surface area contributed by atoms with E-state index in [4.69, 9.17) is 9.47 Å². The summed E-state index contributed by atoms with van der Waals surface area (Å²) in [6.45, 7) is 0.196. The number of hydrogen-bond donors (Lipinski definition) is 0. The Morgan fingerprint density at radius 1 is 1.00 bits per heavy atom. The highest BCUT2D eigenvalue weighted by molar-refractivity contribution is 5.97. The minimum absolute atomic E-state index is 0.196. The number of benzene rings is 2. The van der Waals surface area contributed by atoms with Gasteiger partial charge in [0.15, 0.2) is 12.6 Å². The van der Waals surface area contributed by atoms with Gasteiger partial charge in [0.25, 0.3) is 0 Å². The molecular weight excluding hydrogens is 302 g/mol. The maximum absolute atomic E-state index is 5.63. The van der Waals surface area contributed by atoms with Gasteiger partial charge >= 0.3 is 0 Å². The van der Waals surface area contributed by atoms with Gasteiger partial charge in [0.2, 0.25) is 0 Å². The quantitative estimate of drug-likeness (QED) is 0.535. The van der Waals surface area contributed by atoms with Crippen LogP contribution in [0.5, 0.6) is 5.75 Å². The Hall–Kier alpha value is -3.05. The van der Waals surface area contributed by atoms with Crippen molar-refractivity contribution >= 4 is 21.7 Å². The molecule has 0 atom stereocenters. The first kappa shape index (κ1) is 14.5. The molecule has 0 spiro atoms. The molecule has 0 N–H and O–H groups in total. The molecule has 5 heteroatoms. The van der Waals surface area contributed by atoms with Gasteiger partial charge < -0.3 is 9.47 Å². The minimum atomic E-state index is 0.196. The summed E-state index contributed by atoms with van der Waals surface area (Å²) in [4.78, 5) is 13.3. The largest absolute Gasteiger partial charge is 0.468 e. The van der Waals surface area contributed by atoms with E-state index in [9.17, 15) is 0 Å². The highest BCUT2D eigenvalue weighted by atomic mass is 16.7. The average molecular weight is 317 g/mol. The van der Waals surface area contributed by atoms with E-state index in [2.05, 4.69) is 21.0 Å². The fourth-order valence-corrected chi connectivity index (χ4v) is 2.68. The normalized spacial score (nSPS) is 11.0. The first-order chi connectivity index (χ1) is 11.8. The zero-order valence-corrected chi connectivity index (χ0v) is 13.1. The van der Waals surface area contributed by atoms with Crippen molar-refractivity contribution in [3.63, 3.8) is 0 Å². The van der Waals surface area contributed by atoms with Gasteiger partial charge in [-0.05, 0) is 29.0 Å². The van der Waals surface area contributed by atoms with Crippen LogP contribution in [0.4, 0.5) is 0 Å². The van der Waals surface area contributed by atoms with E-state index in [0.717, 1.165) is 33.0 Å². The van der Waals surface area contributed by atoms with Crippen LogP contribution >= 0.6 is 0 Å². The standard InChI is InChI=1S/C19H15N3O2/c1-23-12-24-15-8-13-4-2-3-5-16(13)17(9-15)19-21-11-14-10-20-7-6-18(14)22-19/h2-11H,12H2,1H3. The summed E-state index contributed by atoms with van der Waals surface area (Å²) in [6, 6.07) is 13.9. The number of methoxy groups -OCH3 is 1. The lowest BCUT2D eigenvalue weighted by Gasteiger charge is -2.11. The molecule has 118 valence electrons.